The van der Waals surface area contributed by atoms with Gasteiger partial charge in [0.25, 0.3) is 0 Å². The fourth-order valence-corrected chi connectivity index (χ4v) is 4.94. The number of likely N-dealkylation sites (tertiary alicyclic amines) is 1. The SMILES string of the molecule is CCCCCC(SC[C@H](NC(C)C(=O)N1CCC[C@H]1C(=O)O)C(=O)OCC)C(=O)OC(C)(C)C. The molecule has 9 nitrogen and oxygen atoms in total. The molecule has 0 aromatic heterocycles. The van der Waals surface area contributed by atoms with Gasteiger partial charge >= 0.3 is 17.9 Å². The summed E-state index contributed by atoms with van der Waals surface area (Å²) in [5, 5.41) is 12.0. The zero-order valence-corrected chi connectivity index (χ0v) is 22.2. The maximum atomic E-state index is 12.9. The van der Waals surface area contributed by atoms with Gasteiger partial charge in [0.05, 0.1) is 12.6 Å². The lowest BCUT2D eigenvalue weighted by Gasteiger charge is -2.28. The number of rotatable bonds is 14. The first-order valence-corrected chi connectivity index (χ1v) is 13.3. The van der Waals surface area contributed by atoms with Crippen LogP contribution in [-0.4, -0.2) is 81.7 Å². The first-order valence-electron chi connectivity index (χ1n) is 12.2. The highest BCUT2D eigenvalue weighted by Crippen LogP contribution is 2.24. The fraction of sp³-hybridized carbons (Fsp3) is 0.833. The third kappa shape index (κ3) is 10.2. The van der Waals surface area contributed by atoms with Crippen molar-refractivity contribution in [3.63, 3.8) is 0 Å². The van der Waals surface area contributed by atoms with Crippen molar-refractivity contribution >= 4 is 35.6 Å². The Morgan fingerprint density at radius 3 is 2.38 bits per heavy atom. The van der Waals surface area contributed by atoms with Crippen molar-refractivity contribution in [2.45, 2.75) is 109 Å². The average molecular weight is 503 g/mol. The van der Waals surface area contributed by atoms with Crippen LogP contribution in [0.2, 0.25) is 0 Å². The molecular formula is C24H42N2O7S. The Morgan fingerprint density at radius 1 is 1.15 bits per heavy atom. The van der Waals surface area contributed by atoms with Gasteiger partial charge in [-0.2, -0.15) is 0 Å². The van der Waals surface area contributed by atoms with Gasteiger partial charge in [0, 0.05) is 12.3 Å². The topological polar surface area (TPSA) is 122 Å². The maximum Gasteiger partial charge on any atom is 0.326 e. The lowest BCUT2D eigenvalue weighted by molar-refractivity contribution is -0.154. The van der Waals surface area contributed by atoms with Gasteiger partial charge in [-0.15, -0.1) is 11.8 Å². The number of esters is 2. The summed E-state index contributed by atoms with van der Waals surface area (Å²) in [4.78, 5) is 51.1. The minimum atomic E-state index is -1.03. The third-order valence-electron chi connectivity index (χ3n) is 5.42. The van der Waals surface area contributed by atoms with E-state index in [9.17, 15) is 24.3 Å². The van der Waals surface area contributed by atoms with E-state index < -0.39 is 40.9 Å². The largest absolute Gasteiger partial charge is 0.480 e. The van der Waals surface area contributed by atoms with E-state index in [2.05, 4.69) is 12.2 Å². The Kier molecular flexibility index (Phi) is 12.9. The summed E-state index contributed by atoms with van der Waals surface area (Å²) in [6.45, 7) is 11.4. The predicted octanol–water partition coefficient (Wildman–Crippen LogP) is 3.00. The first-order chi connectivity index (χ1) is 15.9. The normalized spacial score (nSPS) is 18.8. The van der Waals surface area contributed by atoms with Gasteiger partial charge in [-0.1, -0.05) is 26.2 Å². The molecule has 1 aliphatic rings. The van der Waals surface area contributed by atoms with E-state index in [0.29, 0.717) is 25.8 Å². The summed E-state index contributed by atoms with van der Waals surface area (Å²) in [6, 6.07) is -2.46. The molecule has 4 atom stereocenters. The molecule has 1 fully saturated rings. The number of carboxylic acids is 1. The van der Waals surface area contributed by atoms with Gasteiger partial charge in [-0.25, -0.2) is 4.79 Å². The molecule has 2 N–H and O–H groups in total. The molecule has 0 aliphatic carbocycles. The zero-order chi connectivity index (χ0) is 25.9. The Labute approximate surface area is 207 Å². The van der Waals surface area contributed by atoms with Crippen LogP contribution in [0.5, 0.6) is 0 Å². The van der Waals surface area contributed by atoms with Crippen LogP contribution in [0.3, 0.4) is 0 Å². The number of hydrogen-bond donors (Lipinski definition) is 2. The number of thioether (sulfide) groups is 1. The molecule has 0 aromatic rings. The number of nitrogens with zero attached hydrogens (tertiary/aromatic N) is 1. The Morgan fingerprint density at radius 2 is 1.82 bits per heavy atom. The number of amides is 1. The summed E-state index contributed by atoms with van der Waals surface area (Å²) < 4.78 is 10.8. The molecule has 34 heavy (non-hydrogen) atoms. The number of aliphatic carboxylic acids is 1. The number of carbonyl (C=O) groups excluding carboxylic acids is 3. The monoisotopic (exact) mass is 502 g/mol. The van der Waals surface area contributed by atoms with Crippen molar-refractivity contribution in [2.75, 3.05) is 18.9 Å². The highest BCUT2D eigenvalue weighted by molar-refractivity contribution is 8.00. The Hall–Kier alpha value is -1.81. The number of carboxylic acid groups (broad SMARTS) is 1. The van der Waals surface area contributed by atoms with Gasteiger partial charge in [0.1, 0.15) is 22.9 Å². The summed E-state index contributed by atoms with van der Waals surface area (Å²) in [7, 11) is 0. The van der Waals surface area contributed by atoms with Crippen molar-refractivity contribution < 1.29 is 33.8 Å². The molecule has 0 saturated carbocycles. The second-order valence-electron chi connectivity index (χ2n) is 9.57. The lowest BCUT2D eigenvalue weighted by Crippen LogP contribution is -2.54. The molecule has 1 rings (SSSR count). The third-order valence-corrected chi connectivity index (χ3v) is 6.77. The summed E-state index contributed by atoms with van der Waals surface area (Å²) in [5.41, 5.74) is -0.614. The lowest BCUT2D eigenvalue weighted by atomic mass is 10.1. The van der Waals surface area contributed by atoms with Crippen LogP contribution < -0.4 is 5.32 Å². The molecule has 1 saturated heterocycles. The van der Waals surface area contributed by atoms with Crippen LogP contribution >= 0.6 is 11.8 Å². The summed E-state index contributed by atoms with van der Waals surface area (Å²) in [5.74, 6) is -2.00. The van der Waals surface area contributed by atoms with Crippen molar-refractivity contribution in [3.05, 3.63) is 0 Å². The van der Waals surface area contributed by atoms with Gasteiger partial charge in [-0.3, -0.25) is 19.7 Å². The number of unbranched alkanes of at least 4 members (excludes halogenated alkanes) is 2. The molecule has 0 radical (unpaired) electrons. The minimum absolute atomic E-state index is 0.184. The van der Waals surface area contributed by atoms with Crippen LogP contribution in [0.15, 0.2) is 0 Å². The molecule has 1 heterocycles. The molecule has 10 heteroatoms. The maximum absolute atomic E-state index is 12.9. The molecule has 2 unspecified atom stereocenters. The molecule has 0 aromatic carbocycles. The highest BCUT2D eigenvalue weighted by Gasteiger charge is 2.37. The van der Waals surface area contributed by atoms with Crippen molar-refractivity contribution in [1.29, 1.82) is 0 Å². The molecule has 196 valence electrons. The molecule has 0 bridgehead atoms. The van der Waals surface area contributed by atoms with E-state index in [1.807, 2.05) is 20.8 Å². The smallest absolute Gasteiger partial charge is 0.326 e. The molecule has 1 amide bonds. The van der Waals surface area contributed by atoms with Crippen LogP contribution in [0.25, 0.3) is 0 Å². The van der Waals surface area contributed by atoms with Crippen molar-refractivity contribution in [1.82, 2.24) is 10.2 Å². The molecule has 1 aliphatic heterocycles. The van der Waals surface area contributed by atoms with E-state index in [-0.39, 0.29) is 24.2 Å². The first kappa shape index (κ1) is 30.2. The Bertz CT molecular complexity index is 695. The minimum Gasteiger partial charge on any atom is -0.480 e. The molecule has 0 spiro atoms. The van der Waals surface area contributed by atoms with Crippen molar-refractivity contribution in [3.8, 4) is 0 Å². The second-order valence-corrected chi connectivity index (χ2v) is 10.8. The van der Waals surface area contributed by atoms with Gasteiger partial charge in [0.2, 0.25) is 5.91 Å². The van der Waals surface area contributed by atoms with Gasteiger partial charge in [-0.05, 0) is 53.9 Å². The summed E-state index contributed by atoms with van der Waals surface area (Å²) in [6.07, 6.45) is 4.55. The zero-order valence-electron chi connectivity index (χ0n) is 21.4. The number of carbonyl (C=O) groups is 4. The fourth-order valence-electron chi connectivity index (χ4n) is 3.76. The highest BCUT2D eigenvalue weighted by atomic mass is 32.2. The second kappa shape index (κ2) is 14.6. The van der Waals surface area contributed by atoms with Crippen LogP contribution in [0.1, 0.15) is 80.1 Å². The van der Waals surface area contributed by atoms with E-state index in [1.165, 1.54) is 16.7 Å². The van der Waals surface area contributed by atoms with Crippen LogP contribution in [0, 0.1) is 0 Å². The van der Waals surface area contributed by atoms with Gasteiger partial charge in [0.15, 0.2) is 0 Å². The van der Waals surface area contributed by atoms with E-state index in [1.54, 1.807) is 13.8 Å². The van der Waals surface area contributed by atoms with E-state index >= 15 is 0 Å². The average Bonchev–Trinajstić information content (AvgIpc) is 3.23. The van der Waals surface area contributed by atoms with Crippen molar-refractivity contribution in [2.24, 2.45) is 0 Å². The van der Waals surface area contributed by atoms with Crippen LogP contribution in [-0.2, 0) is 28.7 Å². The predicted molar refractivity (Wildman–Crippen MR) is 132 cm³/mol. The van der Waals surface area contributed by atoms with E-state index in [0.717, 1.165) is 19.3 Å². The number of hydrogen-bond acceptors (Lipinski definition) is 8. The number of nitrogens with one attached hydrogen (secondary N) is 1. The molecular weight excluding hydrogens is 460 g/mol. The Balaban J connectivity index is 2.89. The standard InChI is InChI=1S/C24H42N2O7S/c1-7-9-10-13-19(23(31)33-24(4,5)6)34-15-17(22(30)32-8-2)25-16(3)20(27)26-14-11-12-18(26)21(28)29/h16-19,25H,7-15H2,1-6H3,(H,28,29)/t16?,17-,18-,19?/m0/s1. The number of ether oxygens (including phenoxy) is 2. The quantitative estimate of drug-likeness (QED) is 0.273. The summed E-state index contributed by atoms with van der Waals surface area (Å²) >= 11 is 1.32. The van der Waals surface area contributed by atoms with Crippen LogP contribution in [0.4, 0.5) is 0 Å². The van der Waals surface area contributed by atoms with E-state index in [4.69, 9.17) is 9.47 Å². The van der Waals surface area contributed by atoms with Gasteiger partial charge < -0.3 is 19.5 Å².